The molecule has 0 aromatic carbocycles. The molecule has 0 bridgehead atoms. The standard InChI is InChI=1S/C10H16O3/c1-5-7(11)9-8(6-2)12-10(3,4)13-9/h5-9,11H,1-2H2,3-4H3/t7?,8-,9?/m1/s1. The van der Waals surface area contributed by atoms with Gasteiger partial charge in [-0.2, -0.15) is 0 Å². The van der Waals surface area contributed by atoms with E-state index in [-0.39, 0.29) is 6.10 Å². The van der Waals surface area contributed by atoms with E-state index in [0.29, 0.717) is 0 Å². The highest BCUT2D eigenvalue weighted by Crippen LogP contribution is 2.30. The summed E-state index contributed by atoms with van der Waals surface area (Å²) in [6.45, 7) is 10.7. The van der Waals surface area contributed by atoms with Gasteiger partial charge in [0.1, 0.15) is 18.3 Å². The van der Waals surface area contributed by atoms with Gasteiger partial charge >= 0.3 is 0 Å². The summed E-state index contributed by atoms with van der Waals surface area (Å²) in [6.07, 6.45) is 1.68. The van der Waals surface area contributed by atoms with Crippen LogP contribution in [-0.2, 0) is 9.47 Å². The van der Waals surface area contributed by atoms with Gasteiger partial charge in [-0.05, 0) is 13.8 Å². The third kappa shape index (κ3) is 2.18. The van der Waals surface area contributed by atoms with E-state index < -0.39 is 18.0 Å². The van der Waals surface area contributed by atoms with E-state index in [4.69, 9.17) is 9.47 Å². The van der Waals surface area contributed by atoms with Gasteiger partial charge in [0.15, 0.2) is 5.79 Å². The summed E-state index contributed by atoms with van der Waals surface area (Å²) in [6, 6.07) is 0. The van der Waals surface area contributed by atoms with Crippen LogP contribution in [0.3, 0.4) is 0 Å². The van der Waals surface area contributed by atoms with Gasteiger partial charge in [0.2, 0.25) is 0 Å². The van der Waals surface area contributed by atoms with Crippen LogP contribution in [0.15, 0.2) is 25.3 Å². The van der Waals surface area contributed by atoms with Crippen LogP contribution in [0.25, 0.3) is 0 Å². The quantitative estimate of drug-likeness (QED) is 0.671. The zero-order chi connectivity index (χ0) is 10.1. The predicted molar refractivity (Wildman–Crippen MR) is 50.2 cm³/mol. The molecule has 0 amide bonds. The Bertz CT molecular complexity index is 210. The fourth-order valence-electron chi connectivity index (χ4n) is 1.40. The zero-order valence-corrected chi connectivity index (χ0v) is 8.06. The minimum absolute atomic E-state index is 0.275. The summed E-state index contributed by atoms with van der Waals surface area (Å²) in [5.41, 5.74) is 0. The molecule has 3 heteroatoms. The molecule has 1 aliphatic rings. The normalized spacial score (nSPS) is 34.1. The van der Waals surface area contributed by atoms with E-state index in [0.717, 1.165) is 0 Å². The molecule has 2 unspecified atom stereocenters. The van der Waals surface area contributed by atoms with Gasteiger partial charge in [-0.1, -0.05) is 12.2 Å². The highest BCUT2D eigenvalue weighted by atomic mass is 16.8. The third-order valence-corrected chi connectivity index (χ3v) is 1.97. The van der Waals surface area contributed by atoms with Crippen molar-refractivity contribution in [1.82, 2.24) is 0 Å². The van der Waals surface area contributed by atoms with E-state index in [1.54, 1.807) is 19.9 Å². The second-order valence-corrected chi connectivity index (χ2v) is 3.53. The number of hydrogen-bond donors (Lipinski definition) is 1. The Kier molecular flexibility index (Phi) is 2.91. The van der Waals surface area contributed by atoms with E-state index in [9.17, 15) is 5.11 Å². The van der Waals surface area contributed by atoms with Crippen molar-refractivity contribution in [2.24, 2.45) is 0 Å². The van der Waals surface area contributed by atoms with E-state index >= 15 is 0 Å². The fourth-order valence-corrected chi connectivity index (χ4v) is 1.40. The van der Waals surface area contributed by atoms with Gasteiger partial charge in [0, 0.05) is 0 Å². The van der Waals surface area contributed by atoms with Crippen molar-refractivity contribution in [3.05, 3.63) is 25.3 Å². The maximum Gasteiger partial charge on any atom is 0.164 e. The molecule has 0 radical (unpaired) electrons. The summed E-state index contributed by atoms with van der Waals surface area (Å²) in [7, 11) is 0. The van der Waals surface area contributed by atoms with E-state index in [2.05, 4.69) is 13.2 Å². The summed E-state index contributed by atoms with van der Waals surface area (Å²) < 4.78 is 11.0. The fraction of sp³-hybridized carbons (Fsp3) is 0.600. The number of aliphatic hydroxyl groups excluding tert-OH is 1. The van der Waals surface area contributed by atoms with Crippen molar-refractivity contribution in [3.63, 3.8) is 0 Å². The molecule has 0 aromatic heterocycles. The highest BCUT2D eigenvalue weighted by Gasteiger charge is 2.42. The minimum atomic E-state index is -0.718. The van der Waals surface area contributed by atoms with Gasteiger partial charge in [-0.25, -0.2) is 0 Å². The summed E-state index contributed by atoms with van der Waals surface area (Å²) in [5.74, 6) is -0.659. The molecule has 1 fully saturated rings. The Balaban J connectivity index is 2.74. The van der Waals surface area contributed by atoms with Crippen molar-refractivity contribution in [3.8, 4) is 0 Å². The maximum atomic E-state index is 9.52. The first-order chi connectivity index (χ1) is 6.00. The SMILES string of the molecule is C=CC(O)C1OC(C)(C)O[C@@H]1C=C. The number of rotatable bonds is 3. The molecule has 3 nitrogen and oxygen atoms in total. The predicted octanol–water partition coefficient (Wildman–Crippen LogP) is 1.24. The molecule has 0 aromatic rings. The lowest BCUT2D eigenvalue weighted by atomic mass is 10.1. The summed E-state index contributed by atoms with van der Waals surface area (Å²) in [4.78, 5) is 0. The van der Waals surface area contributed by atoms with E-state index in [1.165, 1.54) is 6.08 Å². The lowest BCUT2D eigenvalue weighted by molar-refractivity contribution is -0.150. The monoisotopic (exact) mass is 184 g/mol. The first kappa shape index (κ1) is 10.4. The molecular formula is C10H16O3. The zero-order valence-electron chi connectivity index (χ0n) is 8.06. The average Bonchev–Trinajstić information content (AvgIpc) is 2.39. The van der Waals surface area contributed by atoms with Crippen LogP contribution in [0.1, 0.15) is 13.8 Å². The topological polar surface area (TPSA) is 38.7 Å². The Morgan fingerprint density at radius 3 is 2.46 bits per heavy atom. The average molecular weight is 184 g/mol. The molecule has 1 heterocycles. The van der Waals surface area contributed by atoms with Gasteiger partial charge in [-0.15, -0.1) is 13.2 Å². The van der Waals surface area contributed by atoms with Gasteiger partial charge < -0.3 is 14.6 Å². The van der Waals surface area contributed by atoms with Crippen LogP contribution in [0.5, 0.6) is 0 Å². The summed E-state index contributed by atoms with van der Waals surface area (Å²) in [5, 5.41) is 9.52. The molecule has 0 spiro atoms. The van der Waals surface area contributed by atoms with Gasteiger partial charge in [0.25, 0.3) is 0 Å². The Morgan fingerprint density at radius 2 is 2.00 bits per heavy atom. The number of ether oxygens (including phenoxy) is 2. The molecule has 3 atom stereocenters. The largest absolute Gasteiger partial charge is 0.386 e. The Labute approximate surface area is 78.7 Å². The molecule has 1 aliphatic heterocycles. The summed E-state index contributed by atoms with van der Waals surface area (Å²) >= 11 is 0. The van der Waals surface area contributed by atoms with Crippen molar-refractivity contribution in [1.29, 1.82) is 0 Å². The van der Waals surface area contributed by atoms with E-state index in [1.807, 2.05) is 0 Å². The molecule has 1 saturated heterocycles. The second-order valence-electron chi connectivity index (χ2n) is 3.53. The van der Waals surface area contributed by atoms with Crippen LogP contribution < -0.4 is 0 Å². The molecule has 74 valence electrons. The highest BCUT2D eigenvalue weighted by molar-refractivity contribution is 5.00. The molecule has 0 aliphatic carbocycles. The van der Waals surface area contributed by atoms with Crippen molar-refractivity contribution in [2.45, 2.75) is 37.9 Å². The Hall–Kier alpha value is -0.640. The van der Waals surface area contributed by atoms with Crippen LogP contribution in [-0.4, -0.2) is 29.2 Å². The lowest BCUT2D eigenvalue weighted by Crippen LogP contribution is -2.32. The van der Waals surface area contributed by atoms with Crippen molar-refractivity contribution in [2.75, 3.05) is 0 Å². The van der Waals surface area contributed by atoms with Crippen LogP contribution in [0, 0.1) is 0 Å². The minimum Gasteiger partial charge on any atom is -0.386 e. The van der Waals surface area contributed by atoms with Crippen LogP contribution >= 0.6 is 0 Å². The van der Waals surface area contributed by atoms with Gasteiger partial charge in [-0.3, -0.25) is 0 Å². The third-order valence-electron chi connectivity index (χ3n) is 1.97. The van der Waals surface area contributed by atoms with Crippen LogP contribution in [0.2, 0.25) is 0 Å². The number of aliphatic hydroxyl groups is 1. The first-order valence-corrected chi connectivity index (χ1v) is 4.29. The first-order valence-electron chi connectivity index (χ1n) is 4.29. The molecule has 13 heavy (non-hydrogen) atoms. The van der Waals surface area contributed by atoms with Crippen molar-refractivity contribution >= 4 is 0 Å². The maximum absolute atomic E-state index is 9.52. The Morgan fingerprint density at radius 1 is 1.38 bits per heavy atom. The molecule has 1 N–H and O–H groups in total. The second kappa shape index (κ2) is 3.62. The smallest absolute Gasteiger partial charge is 0.164 e. The number of hydrogen-bond acceptors (Lipinski definition) is 3. The molecular weight excluding hydrogens is 168 g/mol. The molecule has 1 rings (SSSR count). The molecule has 0 saturated carbocycles. The van der Waals surface area contributed by atoms with Gasteiger partial charge in [0.05, 0.1) is 0 Å². The van der Waals surface area contributed by atoms with Crippen molar-refractivity contribution < 1.29 is 14.6 Å². The van der Waals surface area contributed by atoms with Crippen LogP contribution in [0.4, 0.5) is 0 Å². The lowest BCUT2D eigenvalue weighted by Gasteiger charge is -2.18.